The molecule has 0 N–H and O–H groups in total. The Hall–Kier alpha value is -1.79. The summed E-state index contributed by atoms with van der Waals surface area (Å²) in [5.41, 5.74) is 0.816. The van der Waals surface area contributed by atoms with Crippen LogP contribution in [0.3, 0.4) is 0 Å². The largest absolute Gasteiger partial charge is 0.338 e. The molecule has 2 aromatic rings. The molecule has 26 heavy (non-hydrogen) atoms. The van der Waals surface area contributed by atoms with E-state index in [1.165, 1.54) is 0 Å². The third kappa shape index (κ3) is 4.30. The molecule has 0 saturated carbocycles. The Kier molecular flexibility index (Phi) is 6.38. The Morgan fingerprint density at radius 2 is 2.15 bits per heavy atom. The van der Waals surface area contributed by atoms with Crippen molar-refractivity contribution in [2.75, 3.05) is 40.0 Å². The summed E-state index contributed by atoms with van der Waals surface area (Å²) in [6, 6.07) is 7.90. The van der Waals surface area contributed by atoms with Crippen molar-refractivity contribution in [3.05, 3.63) is 48.0 Å². The van der Waals surface area contributed by atoms with Crippen LogP contribution < -0.4 is 0 Å². The summed E-state index contributed by atoms with van der Waals surface area (Å²) in [5.74, 6) is 1.57. The van der Waals surface area contributed by atoms with Crippen LogP contribution in [0.4, 0.5) is 0 Å². The Labute approximate surface area is 160 Å². The number of amides is 1. The molecule has 3 rings (SSSR count). The van der Waals surface area contributed by atoms with E-state index in [9.17, 15) is 4.79 Å². The molecule has 140 valence electrons. The van der Waals surface area contributed by atoms with E-state index in [1.807, 2.05) is 41.6 Å². The minimum atomic E-state index is 0.144. The van der Waals surface area contributed by atoms with Crippen LogP contribution >= 0.6 is 11.8 Å². The maximum atomic E-state index is 13.1. The smallest absolute Gasteiger partial charge is 0.255 e. The number of piperidine rings is 1. The lowest BCUT2D eigenvalue weighted by atomic mass is 9.96. The zero-order chi connectivity index (χ0) is 18.5. The number of carbonyl (C=O) groups is 1. The van der Waals surface area contributed by atoms with Crippen LogP contribution in [-0.4, -0.2) is 65.2 Å². The number of hydrogen-bond acceptors (Lipinski definition) is 4. The summed E-state index contributed by atoms with van der Waals surface area (Å²) in [7, 11) is 4.17. The Balaban J connectivity index is 1.74. The molecule has 0 radical (unpaired) electrons. The van der Waals surface area contributed by atoms with Crippen molar-refractivity contribution >= 4 is 17.7 Å². The molecule has 0 bridgehead atoms. The fourth-order valence-electron chi connectivity index (χ4n) is 3.54. The van der Waals surface area contributed by atoms with Crippen LogP contribution in [0.25, 0.3) is 0 Å². The van der Waals surface area contributed by atoms with Crippen LogP contribution in [0.15, 0.2) is 41.6 Å². The monoisotopic (exact) mass is 372 g/mol. The molecule has 0 unspecified atom stereocenters. The summed E-state index contributed by atoms with van der Waals surface area (Å²) in [6.45, 7) is 3.50. The lowest BCUT2D eigenvalue weighted by Gasteiger charge is -2.33. The number of aromatic nitrogens is 2. The molecule has 1 aromatic carbocycles. The number of hydrogen-bond donors (Lipinski definition) is 0. The van der Waals surface area contributed by atoms with Gasteiger partial charge in [-0.25, -0.2) is 4.98 Å². The molecule has 1 aliphatic heterocycles. The quantitative estimate of drug-likeness (QED) is 0.731. The first-order valence-corrected chi connectivity index (χ1v) is 10.4. The predicted octanol–water partition coefficient (Wildman–Crippen LogP) is 3.19. The van der Waals surface area contributed by atoms with Crippen molar-refractivity contribution in [1.29, 1.82) is 0 Å². The predicted molar refractivity (Wildman–Crippen MR) is 107 cm³/mol. The van der Waals surface area contributed by atoms with Gasteiger partial charge >= 0.3 is 0 Å². The van der Waals surface area contributed by atoms with Gasteiger partial charge in [0.1, 0.15) is 5.82 Å². The lowest BCUT2D eigenvalue weighted by molar-refractivity contribution is 0.0699. The number of likely N-dealkylation sites (N-methyl/N-ethyl adjacent to an activating group) is 1. The van der Waals surface area contributed by atoms with Gasteiger partial charge in [-0.2, -0.15) is 0 Å². The number of carbonyl (C=O) groups excluding carboxylic acids is 1. The van der Waals surface area contributed by atoms with Gasteiger partial charge in [0.2, 0.25) is 0 Å². The van der Waals surface area contributed by atoms with E-state index < -0.39 is 0 Å². The van der Waals surface area contributed by atoms with Gasteiger partial charge in [0.15, 0.2) is 0 Å². The standard InChI is InChI=1S/C20H28N4OS/c1-22(2)13-14-23-12-10-21-19(23)16-7-6-11-24(15-16)20(25)17-8-4-5-9-18(17)26-3/h4-5,8-10,12,16H,6-7,11,13-15H2,1-3H3/t16-/m0/s1. The molecule has 1 fully saturated rings. The third-order valence-electron chi connectivity index (χ3n) is 4.95. The fraction of sp³-hybridized carbons (Fsp3) is 0.500. The maximum Gasteiger partial charge on any atom is 0.255 e. The van der Waals surface area contributed by atoms with Gasteiger partial charge in [0, 0.05) is 49.4 Å². The van der Waals surface area contributed by atoms with Crippen LogP contribution in [-0.2, 0) is 6.54 Å². The number of rotatable bonds is 6. The van der Waals surface area contributed by atoms with Crippen molar-refractivity contribution in [1.82, 2.24) is 19.4 Å². The number of thioether (sulfide) groups is 1. The first-order chi connectivity index (χ1) is 12.6. The van der Waals surface area contributed by atoms with Crippen LogP contribution in [0.5, 0.6) is 0 Å². The highest BCUT2D eigenvalue weighted by Gasteiger charge is 2.28. The highest BCUT2D eigenvalue weighted by atomic mass is 32.2. The number of imidazole rings is 1. The van der Waals surface area contributed by atoms with E-state index in [0.717, 1.165) is 55.3 Å². The lowest BCUT2D eigenvalue weighted by Crippen LogP contribution is -2.40. The molecule has 1 amide bonds. The average Bonchev–Trinajstić information content (AvgIpc) is 3.14. The molecule has 1 saturated heterocycles. The van der Waals surface area contributed by atoms with Crippen molar-refractivity contribution < 1.29 is 4.79 Å². The van der Waals surface area contributed by atoms with Crippen LogP contribution in [0.1, 0.15) is 34.9 Å². The van der Waals surface area contributed by atoms with Crippen molar-refractivity contribution in [3.8, 4) is 0 Å². The SMILES string of the molecule is CSc1ccccc1C(=O)N1CCC[C@H](c2nccn2CCN(C)C)C1. The summed E-state index contributed by atoms with van der Waals surface area (Å²) in [6.07, 6.45) is 8.08. The van der Waals surface area contributed by atoms with Crippen LogP contribution in [0, 0.1) is 0 Å². The third-order valence-corrected chi connectivity index (χ3v) is 5.74. The van der Waals surface area contributed by atoms with E-state index in [2.05, 4.69) is 34.7 Å². The second-order valence-electron chi connectivity index (χ2n) is 7.07. The Morgan fingerprint density at radius 3 is 2.92 bits per heavy atom. The topological polar surface area (TPSA) is 41.4 Å². The van der Waals surface area contributed by atoms with E-state index >= 15 is 0 Å². The molecule has 1 atom stereocenters. The zero-order valence-electron chi connectivity index (χ0n) is 15.9. The van der Waals surface area contributed by atoms with Gasteiger partial charge in [-0.3, -0.25) is 4.79 Å². The molecule has 1 aliphatic rings. The summed E-state index contributed by atoms with van der Waals surface area (Å²) < 4.78 is 2.24. The van der Waals surface area contributed by atoms with Gasteiger partial charge in [-0.05, 0) is 45.3 Å². The molecule has 1 aromatic heterocycles. The van der Waals surface area contributed by atoms with E-state index in [4.69, 9.17) is 0 Å². The van der Waals surface area contributed by atoms with Crippen molar-refractivity contribution in [3.63, 3.8) is 0 Å². The number of benzene rings is 1. The van der Waals surface area contributed by atoms with E-state index in [-0.39, 0.29) is 5.91 Å². The summed E-state index contributed by atoms with van der Waals surface area (Å²) in [5, 5.41) is 0. The maximum absolute atomic E-state index is 13.1. The van der Waals surface area contributed by atoms with Gasteiger partial charge < -0.3 is 14.4 Å². The number of likely N-dealkylation sites (tertiary alicyclic amines) is 1. The van der Waals surface area contributed by atoms with E-state index in [1.54, 1.807) is 11.8 Å². The molecule has 0 spiro atoms. The molecule has 0 aliphatic carbocycles. The minimum absolute atomic E-state index is 0.144. The van der Waals surface area contributed by atoms with Gasteiger partial charge in [0.25, 0.3) is 5.91 Å². The first kappa shape index (κ1) is 19.0. The highest BCUT2D eigenvalue weighted by molar-refractivity contribution is 7.98. The highest BCUT2D eigenvalue weighted by Crippen LogP contribution is 2.28. The molecule has 6 heteroatoms. The molecule has 5 nitrogen and oxygen atoms in total. The van der Waals surface area contributed by atoms with Gasteiger partial charge in [-0.1, -0.05) is 12.1 Å². The summed E-state index contributed by atoms with van der Waals surface area (Å²) >= 11 is 1.63. The normalized spacial score (nSPS) is 17.7. The molecular formula is C20H28N4OS. The molecular weight excluding hydrogens is 344 g/mol. The summed E-state index contributed by atoms with van der Waals surface area (Å²) in [4.78, 5) is 22.9. The zero-order valence-corrected chi connectivity index (χ0v) is 16.7. The Morgan fingerprint density at radius 1 is 1.35 bits per heavy atom. The van der Waals surface area contributed by atoms with E-state index in [0.29, 0.717) is 5.92 Å². The van der Waals surface area contributed by atoms with Crippen molar-refractivity contribution in [2.45, 2.75) is 30.2 Å². The van der Waals surface area contributed by atoms with Gasteiger partial charge in [0.05, 0.1) is 5.56 Å². The number of nitrogens with zero attached hydrogens (tertiary/aromatic N) is 4. The second-order valence-corrected chi connectivity index (χ2v) is 7.92. The van der Waals surface area contributed by atoms with Gasteiger partial charge in [-0.15, -0.1) is 11.8 Å². The van der Waals surface area contributed by atoms with Crippen molar-refractivity contribution in [2.24, 2.45) is 0 Å². The fourth-order valence-corrected chi connectivity index (χ4v) is 4.13. The minimum Gasteiger partial charge on any atom is -0.338 e. The molecule has 2 heterocycles. The Bertz CT molecular complexity index is 743. The average molecular weight is 373 g/mol. The van der Waals surface area contributed by atoms with Crippen LogP contribution in [0.2, 0.25) is 0 Å². The first-order valence-electron chi connectivity index (χ1n) is 9.18. The second kappa shape index (κ2) is 8.73.